The van der Waals surface area contributed by atoms with Gasteiger partial charge >= 0.3 is 14.8 Å². The maximum atomic E-state index is 11.0. The zero-order valence-electron chi connectivity index (χ0n) is 13.1. The molecule has 0 aliphatic heterocycles. The van der Waals surface area contributed by atoms with Crippen molar-refractivity contribution in [2.24, 2.45) is 0 Å². The SMILES string of the molecule is C=CC(=O)OCCC[Si](OC(=C)C)(OC(=C)C)OC(=C)C. The second kappa shape index (κ2) is 9.07. The van der Waals surface area contributed by atoms with Gasteiger partial charge in [-0.3, -0.25) is 0 Å². The number of hydrogen-bond acceptors (Lipinski definition) is 5. The fraction of sp³-hybridized carbons (Fsp3) is 0.400. The molecule has 0 rings (SSSR count). The summed E-state index contributed by atoms with van der Waals surface area (Å²) >= 11 is 0. The van der Waals surface area contributed by atoms with Crippen molar-refractivity contribution in [1.82, 2.24) is 0 Å². The Balaban J connectivity index is 4.84. The number of esters is 1. The normalized spacial score (nSPS) is 10.2. The van der Waals surface area contributed by atoms with Crippen molar-refractivity contribution in [3.8, 4) is 0 Å². The highest BCUT2D eigenvalue weighted by Gasteiger charge is 2.48. The average Bonchev–Trinajstić information content (AvgIpc) is 2.31. The average molecular weight is 312 g/mol. The summed E-state index contributed by atoms with van der Waals surface area (Å²) < 4.78 is 22.1. The van der Waals surface area contributed by atoms with E-state index in [1.54, 1.807) is 20.8 Å². The summed E-state index contributed by atoms with van der Waals surface area (Å²) in [6.45, 7) is 19.8. The summed E-state index contributed by atoms with van der Waals surface area (Å²) in [4.78, 5) is 11.0. The van der Waals surface area contributed by atoms with E-state index < -0.39 is 14.8 Å². The molecule has 0 heterocycles. The zero-order chi connectivity index (χ0) is 16.5. The van der Waals surface area contributed by atoms with Gasteiger partial charge in [0, 0.05) is 6.08 Å². The molecule has 0 aromatic carbocycles. The fourth-order valence-corrected chi connectivity index (χ4v) is 4.13. The summed E-state index contributed by atoms with van der Waals surface area (Å²) in [6, 6.07) is 0.435. The first-order chi connectivity index (χ1) is 9.70. The largest absolute Gasteiger partial charge is 0.698 e. The van der Waals surface area contributed by atoms with Crippen LogP contribution in [-0.2, 0) is 22.8 Å². The molecule has 0 saturated heterocycles. The standard InChI is InChI=1S/C15H24O5Si/c1-8-15(16)17-10-9-11-21(18-12(2)3,19-13(4)5)20-14(6)7/h8H,1-2,4,6,9-11H2,3,5,7H3. The molecular weight excluding hydrogens is 288 g/mol. The van der Waals surface area contributed by atoms with E-state index in [-0.39, 0.29) is 6.61 Å². The van der Waals surface area contributed by atoms with E-state index in [4.69, 9.17) is 18.0 Å². The second-order valence-electron chi connectivity index (χ2n) is 4.57. The van der Waals surface area contributed by atoms with Crippen molar-refractivity contribution < 1.29 is 22.8 Å². The van der Waals surface area contributed by atoms with Crippen LogP contribution in [0.4, 0.5) is 0 Å². The molecule has 0 bridgehead atoms. The van der Waals surface area contributed by atoms with E-state index in [9.17, 15) is 4.79 Å². The fourth-order valence-electron chi connectivity index (χ4n) is 1.53. The van der Waals surface area contributed by atoms with Crippen LogP contribution in [0.3, 0.4) is 0 Å². The molecular formula is C15H24O5Si. The van der Waals surface area contributed by atoms with Gasteiger partial charge in [-0.25, -0.2) is 4.79 Å². The molecule has 0 aliphatic rings. The van der Waals surface area contributed by atoms with Crippen molar-refractivity contribution >= 4 is 14.8 Å². The van der Waals surface area contributed by atoms with E-state index in [0.717, 1.165) is 6.08 Å². The number of allylic oxidation sites excluding steroid dienone is 3. The van der Waals surface area contributed by atoms with Crippen LogP contribution in [0.25, 0.3) is 0 Å². The van der Waals surface area contributed by atoms with E-state index >= 15 is 0 Å². The third-order valence-corrected chi connectivity index (χ3v) is 4.97. The number of hydrogen-bond donors (Lipinski definition) is 0. The van der Waals surface area contributed by atoms with Gasteiger partial charge in [0.1, 0.15) is 0 Å². The van der Waals surface area contributed by atoms with Gasteiger partial charge in [-0.05, 0) is 27.2 Å². The highest BCUT2D eigenvalue weighted by Crippen LogP contribution is 2.25. The van der Waals surface area contributed by atoms with Gasteiger partial charge in [-0.2, -0.15) is 0 Å². The quantitative estimate of drug-likeness (QED) is 0.191. The summed E-state index contributed by atoms with van der Waals surface area (Å²) in [5.74, 6) is 0.969. The smallest absolute Gasteiger partial charge is 0.488 e. The Morgan fingerprint density at radius 2 is 1.43 bits per heavy atom. The highest BCUT2D eigenvalue weighted by atomic mass is 28.4. The monoisotopic (exact) mass is 312 g/mol. The van der Waals surface area contributed by atoms with Crippen molar-refractivity contribution in [3.63, 3.8) is 0 Å². The second-order valence-corrected chi connectivity index (χ2v) is 7.05. The van der Waals surface area contributed by atoms with Crippen LogP contribution >= 0.6 is 0 Å². The van der Waals surface area contributed by atoms with Gasteiger partial charge in [0.15, 0.2) is 0 Å². The summed E-state index contributed by atoms with van der Waals surface area (Å²) in [7, 11) is -3.08. The lowest BCUT2D eigenvalue weighted by Crippen LogP contribution is -2.44. The maximum Gasteiger partial charge on any atom is 0.698 e. The lowest BCUT2D eigenvalue weighted by molar-refractivity contribution is -0.137. The lowest BCUT2D eigenvalue weighted by atomic mass is 10.5. The molecule has 0 aliphatic carbocycles. The molecule has 0 N–H and O–H groups in total. The highest BCUT2D eigenvalue weighted by molar-refractivity contribution is 6.61. The lowest BCUT2D eigenvalue weighted by Gasteiger charge is -2.30. The van der Waals surface area contributed by atoms with Crippen LogP contribution in [0.1, 0.15) is 27.2 Å². The van der Waals surface area contributed by atoms with Gasteiger partial charge in [0.25, 0.3) is 0 Å². The van der Waals surface area contributed by atoms with Crippen LogP contribution in [0, 0.1) is 0 Å². The Morgan fingerprint density at radius 1 is 1.00 bits per heavy atom. The first-order valence-corrected chi connectivity index (χ1v) is 8.46. The number of carbonyl (C=O) groups excluding carboxylic acids is 1. The third kappa shape index (κ3) is 8.75. The molecule has 21 heavy (non-hydrogen) atoms. The molecule has 0 atom stereocenters. The minimum atomic E-state index is -3.08. The molecule has 0 spiro atoms. The minimum absolute atomic E-state index is 0.220. The molecule has 0 amide bonds. The van der Waals surface area contributed by atoms with Gasteiger partial charge in [0.05, 0.1) is 29.9 Å². The Kier molecular flexibility index (Phi) is 8.23. The third-order valence-electron chi connectivity index (χ3n) is 2.03. The Morgan fingerprint density at radius 3 is 1.76 bits per heavy atom. The Hall–Kier alpha value is -1.95. The van der Waals surface area contributed by atoms with Crippen LogP contribution in [0.2, 0.25) is 6.04 Å². The molecule has 118 valence electrons. The molecule has 6 heteroatoms. The van der Waals surface area contributed by atoms with Crippen LogP contribution in [-0.4, -0.2) is 21.4 Å². The maximum absolute atomic E-state index is 11.0. The van der Waals surface area contributed by atoms with Crippen LogP contribution in [0.15, 0.2) is 49.7 Å². The number of carbonyl (C=O) groups is 1. The molecule has 0 aromatic rings. The molecule has 0 aromatic heterocycles. The topological polar surface area (TPSA) is 54.0 Å². The van der Waals surface area contributed by atoms with E-state index in [1.165, 1.54) is 0 Å². The number of ether oxygens (including phenoxy) is 1. The van der Waals surface area contributed by atoms with Crippen molar-refractivity contribution in [1.29, 1.82) is 0 Å². The molecule has 0 fully saturated rings. The van der Waals surface area contributed by atoms with Crippen LogP contribution in [0.5, 0.6) is 0 Å². The first kappa shape index (κ1) is 19.0. The van der Waals surface area contributed by atoms with Crippen LogP contribution < -0.4 is 0 Å². The van der Waals surface area contributed by atoms with Gasteiger partial charge in [-0.15, -0.1) is 0 Å². The van der Waals surface area contributed by atoms with Crippen molar-refractivity contribution in [2.75, 3.05) is 6.61 Å². The van der Waals surface area contributed by atoms with Crippen molar-refractivity contribution in [2.45, 2.75) is 33.2 Å². The van der Waals surface area contributed by atoms with E-state index in [2.05, 4.69) is 26.3 Å². The Labute approximate surface area is 127 Å². The zero-order valence-corrected chi connectivity index (χ0v) is 14.1. The summed E-state index contributed by atoms with van der Waals surface area (Å²) in [5.41, 5.74) is 0. The predicted octanol–water partition coefficient (Wildman–Crippen LogP) is 3.70. The minimum Gasteiger partial charge on any atom is -0.488 e. The van der Waals surface area contributed by atoms with E-state index in [0.29, 0.717) is 29.7 Å². The van der Waals surface area contributed by atoms with Gasteiger partial charge in [0.2, 0.25) is 0 Å². The summed E-state index contributed by atoms with van der Waals surface area (Å²) in [5, 5.41) is 0. The summed E-state index contributed by atoms with van der Waals surface area (Å²) in [6.07, 6.45) is 1.63. The van der Waals surface area contributed by atoms with Gasteiger partial charge in [-0.1, -0.05) is 26.3 Å². The van der Waals surface area contributed by atoms with Crippen molar-refractivity contribution in [3.05, 3.63) is 49.7 Å². The van der Waals surface area contributed by atoms with Gasteiger partial charge < -0.3 is 18.0 Å². The molecule has 0 unspecified atom stereocenters. The molecule has 5 nitrogen and oxygen atoms in total. The first-order valence-electron chi connectivity index (χ1n) is 6.53. The predicted molar refractivity (Wildman–Crippen MR) is 84.0 cm³/mol. The molecule has 0 saturated carbocycles. The van der Waals surface area contributed by atoms with E-state index in [1.807, 2.05) is 0 Å². The number of rotatable bonds is 11. The molecule has 0 radical (unpaired) electrons. The Bertz CT molecular complexity index is 387.